The fourth-order valence-electron chi connectivity index (χ4n) is 4.93. The molecule has 0 aliphatic carbocycles. The lowest BCUT2D eigenvalue weighted by atomic mass is 9.97. The topological polar surface area (TPSA) is 167 Å². The standard InChI is InChI=1S/C23H25N7O6/c31-18-5-4-17(20(32)25-18)30-21(33)15-2-1-3-16(19(15)22(30)34)24-10-14-12-29(27-26-14)11-13-6-8-28(9-7-13)23(35)36/h1-3,12-13,17,24H,4-11H2,(H,35,36)(H,25,31,32). The van der Waals surface area contributed by atoms with Crippen molar-refractivity contribution in [1.29, 1.82) is 0 Å². The van der Waals surface area contributed by atoms with Gasteiger partial charge in [0.1, 0.15) is 11.7 Å². The fourth-order valence-corrected chi connectivity index (χ4v) is 4.93. The maximum atomic E-state index is 13.2. The molecule has 13 heteroatoms. The molecule has 3 N–H and O–H groups in total. The number of anilines is 1. The molecule has 0 saturated carbocycles. The second kappa shape index (κ2) is 9.40. The average molecular weight is 495 g/mol. The van der Waals surface area contributed by atoms with Crippen LogP contribution >= 0.6 is 0 Å². The summed E-state index contributed by atoms with van der Waals surface area (Å²) in [6.45, 7) is 1.90. The van der Waals surface area contributed by atoms with E-state index in [0.717, 1.165) is 17.7 Å². The van der Waals surface area contributed by atoms with E-state index in [-0.39, 0.29) is 30.5 Å². The van der Waals surface area contributed by atoms with Crippen LogP contribution in [0.2, 0.25) is 0 Å². The van der Waals surface area contributed by atoms with E-state index in [1.54, 1.807) is 29.1 Å². The Morgan fingerprint density at radius 1 is 1.11 bits per heavy atom. The first-order valence-corrected chi connectivity index (χ1v) is 11.8. The highest BCUT2D eigenvalue weighted by molar-refractivity contribution is 6.25. The Balaban J connectivity index is 1.23. The lowest BCUT2D eigenvalue weighted by Gasteiger charge is -2.29. The van der Waals surface area contributed by atoms with Crippen LogP contribution in [0, 0.1) is 5.92 Å². The Labute approximate surface area is 205 Å². The molecule has 3 aliphatic heterocycles. The molecule has 0 bridgehead atoms. The summed E-state index contributed by atoms with van der Waals surface area (Å²) in [7, 11) is 0. The summed E-state index contributed by atoms with van der Waals surface area (Å²) < 4.78 is 1.73. The number of rotatable bonds is 6. The predicted molar refractivity (Wildman–Crippen MR) is 123 cm³/mol. The Morgan fingerprint density at radius 3 is 2.61 bits per heavy atom. The van der Waals surface area contributed by atoms with E-state index in [9.17, 15) is 24.0 Å². The number of imide groups is 2. The molecule has 36 heavy (non-hydrogen) atoms. The summed E-state index contributed by atoms with van der Waals surface area (Å²) in [4.78, 5) is 63.3. The third-order valence-electron chi connectivity index (χ3n) is 6.84. The van der Waals surface area contributed by atoms with Gasteiger partial charge in [0.15, 0.2) is 0 Å². The molecule has 13 nitrogen and oxygen atoms in total. The number of nitrogens with zero attached hydrogens (tertiary/aromatic N) is 5. The minimum absolute atomic E-state index is 0.0588. The molecule has 1 aromatic heterocycles. The van der Waals surface area contributed by atoms with Gasteiger partial charge in [-0.05, 0) is 37.3 Å². The first-order valence-electron chi connectivity index (χ1n) is 11.8. The molecule has 5 amide bonds. The van der Waals surface area contributed by atoms with Gasteiger partial charge in [0, 0.05) is 31.7 Å². The van der Waals surface area contributed by atoms with E-state index in [4.69, 9.17) is 5.11 Å². The third kappa shape index (κ3) is 4.39. The van der Waals surface area contributed by atoms with Crippen LogP contribution in [0.4, 0.5) is 10.5 Å². The summed E-state index contributed by atoms with van der Waals surface area (Å²) >= 11 is 0. The van der Waals surface area contributed by atoms with Gasteiger partial charge in [0.05, 0.1) is 23.9 Å². The van der Waals surface area contributed by atoms with Crippen LogP contribution in [0.3, 0.4) is 0 Å². The smallest absolute Gasteiger partial charge is 0.407 e. The van der Waals surface area contributed by atoms with Gasteiger partial charge in [-0.15, -0.1) is 5.10 Å². The zero-order chi connectivity index (χ0) is 25.4. The van der Waals surface area contributed by atoms with Gasteiger partial charge in [-0.2, -0.15) is 0 Å². The Kier molecular flexibility index (Phi) is 6.12. The number of carbonyl (C=O) groups excluding carboxylic acids is 4. The minimum Gasteiger partial charge on any atom is -0.465 e. The normalized spacial score (nSPS) is 20.5. The Hall–Kier alpha value is -4.29. The van der Waals surface area contributed by atoms with Crippen molar-refractivity contribution in [1.82, 2.24) is 30.1 Å². The molecular formula is C23H25N7O6. The summed E-state index contributed by atoms with van der Waals surface area (Å²) in [6.07, 6.45) is 2.57. The van der Waals surface area contributed by atoms with Gasteiger partial charge >= 0.3 is 6.09 Å². The van der Waals surface area contributed by atoms with Crippen molar-refractivity contribution in [2.24, 2.45) is 5.92 Å². The number of amides is 5. The summed E-state index contributed by atoms with van der Waals surface area (Å²) in [5.74, 6) is -1.91. The molecule has 2 saturated heterocycles. The molecule has 4 heterocycles. The number of piperidine rings is 2. The van der Waals surface area contributed by atoms with Crippen LogP contribution in [0.1, 0.15) is 52.1 Å². The van der Waals surface area contributed by atoms with E-state index < -0.39 is 35.8 Å². The van der Waals surface area contributed by atoms with Gasteiger partial charge < -0.3 is 15.3 Å². The van der Waals surface area contributed by atoms with E-state index in [1.807, 2.05) is 0 Å². The number of nitrogens with one attached hydrogen (secondary N) is 2. The maximum absolute atomic E-state index is 13.2. The summed E-state index contributed by atoms with van der Waals surface area (Å²) in [5.41, 5.74) is 1.46. The molecule has 0 spiro atoms. The zero-order valence-electron chi connectivity index (χ0n) is 19.3. The number of hydrogen-bond donors (Lipinski definition) is 3. The largest absolute Gasteiger partial charge is 0.465 e. The number of carbonyl (C=O) groups is 5. The van der Waals surface area contributed by atoms with Crippen molar-refractivity contribution in [2.45, 2.75) is 44.8 Å². The zero-order valence-corrected chi connectivity index (χ0v) is 19.3. The number of likely N-dealkylation sites (tertiary alicyclic amines) is 1. The van der Waals surface area contributed by atoms with Crippen LogP contribution in [0.5, 0.6) is 0 Å². The number of hydrogen-bond acceptors (Lipinski definition) is 8. The Morgan fingerprint density at radius 2 is 1.89 bits per heavy atom. The van der Waals surface area contributed by atoms with E-state index in [1.165, 1.54) is 4.90 Å². The first-order chi connectivity index (χ1) is 17.3. The van der Waals surface area contributed by atoms with E-state index in [0.29, 0.717) is 36.9 Å². The van der Waals surface area contributed by atoms with Crippen LogP contribution in [0.15, 0.2) is 24.4 Å². The van der Waals surface area contributed by atoms with E-state index in [2.05, 4.69) is 20.9 Å². The Bertz CT molecular complexity index is 1250. The van der Waals surface area contributed by atoms with Gasteiger partial charge in [0.25, 0.3) is 11.8 Å². The highest BCUT2D eigenvalue weighted by Gasteiger charge is 2.45. The monoisotopic (exact) mass is 495 g/mol. The van der Waals surface area contributed by atoms with Crippen molar-refractivity contribution in [3.63, 3.8) is 0 Å². The number of benzene rings is 1. The molecule has 1 atom stereocenters. The van der Waals surface area contributed by atoms with Gasteiger partial charge in [0.2, 0.25) is 11.8 Å². The molecule has 0 radical (unpaired) electrons. The first kappa shape index (κ1) is 23.5. The number of fused-ring (bicyclic) bond motifs is 1. The van der Waals surface area contributed by atoms with Crippen LogP contribution in [-0.2, 0) is 22.7 Å². The molecule has 3 aliphatic rings. The molecule has 1 aromatic carbocycles. The average Bonchev–Trinajstić information content (AvgIpc) is 3.40. The van der Waals surface area contributed by atoms with E-state index >= 15 is 0 Å². The maximum Gasteiger partial charge on any atom is 0.407 e. The molecule has 2 fully saturated rings. The van der Waals surface area contributed by atoms with Gasteiger partial charge in [-0.25, -0.2) is 4.79 Å². The SMILES string of the molecule is O=C1CCC(N2C(=O)c3cccc(NCc4cn(CC5CCN(C(=O)O)CC5)nn4)c3C2=O)C(=O)N1. The molecule has 5 rings (SSSR count). The van der Waals surface area contributed by atoms with Crippen LogP contribution < -0.4 is 10.6 Å². The summed E-state index contributed by atoms with van der Waals surface area (Å²) in [6, 6.07) is 3.85. The molecule has 188 valence electrons. The van der Waals surface area contributed by atoms with Gasteiger partial charge in [-0.3, -0.25) is 34.1 Å². The number of aromatic nitrogens is 3. The highest BCUT2D eigenvalue weighted by atomic mass is 16.4. The number of carboxylic acid groups (broad SMARTS) is 1. The quantitative estimate of drug-likeness (QED) is 0.488. The fraction of sp³-hybridized carbons (Fsp3) is 0.435. The molecule has 2 aromatic rings. The highest BCUT2D eigenvalue weighted by Crippen LogP contribution is 2.32. The lowest BCUT2D eigenvalue weighted by Crippen LogP contribution is -2.54. The van der Waals surface area contributed by atoms with Crippen molar-refractivity contribution in [2.75, 3.05) is 18.4 Å². The summed E-state index contributed by atoms with van der Waals surface area (Å²) in [5, 5.41) is 22.7. The second-order valence-corrected chi connectivity index (χ2v) is 9.17. The lowest BCUT2D eigenvalue weighted by molar-refractivity contribution is -0.136. The third-order valence-corrected chi connectivity index (χ3v) is 6.84. The molecule has 1 unspecified atom stereocenters. The second-order valence-electron chi connectivity index (χ2n) is 9.17. The van der Waals surface area contributed by atoms with Gasteiger partial charge in [-0.1, -0.05) is 11.3 Å². The molecular weight excluding hydrogens is 470 g/mol. The van der Waals surface area contributed by atoms with Crippen LogP contribution in [-0.4, -0.2) is 78.8 Å². The van der Waals surface area contributed by atoms with Crippen molar-refractivity contribution < 1.29 is 29.1 Å². The van der Waals surface area contributed by atoms with Crippen molar-refractivity contribution >= 4 is 35.4 Å². The van der Waals surface area contributed by atoms with Crippen LogP contribution in [0.25, 0.3) is 0 Å². The van der Waals surface area contributed by atoms with Crippen molar-refractivity contribution in [3.05, 3.63) is 41.2 Å². The minimum atomic E-state index is -1.02. The predicted octanol–water partition coefficient (Wildman–Crippen LogP) is 0.681. The van der Waals surface area contributed by atoms with Crippen molar-refractivity contribution in [3.8, 4) is 0 Å².